The van der Waals surface area contributed by atoms with E-state index in [-0.39, 0.29) is 16.4 Å². The lowest BCUT2D eigenvalue weighted by Crippen LogP contribution is -2.20. The normalized spacial score (nSPS) is 11.8. The highest BCUT2D eigenvalue weighted by atomic mass is 16.5. The number of carbonyl (C=O) groups is 1. The zero-order valence-electron chi connectivity index (χ0n) is 11.7. The summed E-state index contributed by atoms with van der Waals surface area (Å²) >= 11 is 0. The molecule has 0 aliphatic carbocycles. The molecule has 6 heteroatoms. The second kappa shape index (κ2) is 4.22. The Labute approximate surface area is 110 Å². The second-order valence-corrected chi connectivity index (χ2v) is 5.47. The van der Waals surface area contributed by atoms with Crippen LogP contribution in [0.15, 0.2) is 11.0 Å². The van der Waals surface area contributed by atoms with E-state index in [2.05, 4.69) is 14.8 Å². The molecule has 0 spiro atoms. The van der Waals surface area contributed by atoms with Gasteiger partial charge in [0, 0.05) is 18.7 Å². The molecule has 0 unspecified atom stereocenters. The highest BCUT2D eigenvalue weighted by Gasteiger charge is 2.26. The van der Waals surface area contributed by atoms with Crippen molar-refractivity contribution < 1.29 is 9.53 Å². The van der Waals surface area contributed by atoms with Crippen LogP contribution in [0.5, 0.6) is 0 Å². The van der Waals surface area contributed by atoms with Gasteiger partial charge in [-0.25, -0.2) is 4.79 Å². The number of nitrogens with one attached hydrogen (secondary N) is 1. The van der Waals surface area contributed by atoms with Crippen molar-refractivity contribution in [2.24, 2.45) is 7.05 Å². The predicted molar refractivity (Wildman–Crippen MR) is 71.4 cm³/mol. The molecule has 0 bridgehead atoms. The minimum absolute atomic E-state index is 0.00602. The van der Waals surface area contributed by atoms with Crippen LogP contribution < -0.4 is 5.43 Å². The van der Waals surface area contributed by atoms with E-state index in [0.29, 0.717) is 16.7 Å². The summed E-state index contributed by atoms with van der Waals surface area (Å²) in [5, 5.41) is 4.82. The lowest BCUT2D eigenvalue weighted by atomic mass is 9.90. The number of aryl methyl sites for hydroxylation is 1. The van der Waals surface area contributed by atoms with Gasteiger partial charge in [0.1, 0.15) is 11.2 Å². The number of hydrogen-bond donors (Lipinski definition) is 1. The first-order valence-electron chi connectivity index (χ1n) is 5.94. The summed E-state index contributed by atoms with van der Waals surface area (Å²) in [5.74, 6) is -0.646. The van der Waals surface area contributed by atoms with Crippen LogP contribution in [-0.2, 0) is 17.2 Å². The van der Waals surface area contributed by atoms with Crippen molar-refractivity contribution in [2.75, 3.05) is 7.11 Å². The molecule has 0 amide bonds. The number of carbonyl (C=O) groups excluding carboxylic acids is 1. The summed E-state index contributed by atoms with van der Waals surface area (Å²) in [7, 11) is 3.01. The molecule has 0 aliphatic heterocycles. The molecule has 2 heterocycles. The van der Waals surface area contributed by atoms with Crippen LogP contribution in [0.2, 0.25) is 0 Å². The van der Waals surface area contributed by atoms with Gasteiger partial charge in [0.25, 0.3) is 0 Å². The molecule has 19 heavy (non-hydrogen) atoms. The van der Waals surface area contributed by atoms with Crippen molar-refractivity contribution in [3.8, 4) is 0 Å². The molecule has 0 saturated heterocycles. The van der Waals surface area contributed by atoms with Crippen LogP contribution in [0, 0.1) is 0 Å². The first-order valence-corrected chi connectivity index (χ1v) is 5.94. The van der Waals surface area contributed by atoms with E-state index in [1.54, 1.807) is 11.7 Å². The van der Waals surface area contributed by atoms with E-state index in [4.69, 9.17) is 0 Å². The highest BCUT2D eigenvalue weighted by molar-refractivity contribution is 5.93. The minimum Gasteiger partial charge on any atom is -0.465 e. The smallest absolute Gasteiger partial charge is 0.343 e. The zero-order valence-corrected chi connectivity index (χ0v) is 11.7. The Balaban J connectivity index is 2.88. The average Bonchev–Trinajstić information content (AvgIpc) is 2.67. The van der Waals surface area contributed by atoms with E-state index in [0.717, 1.165) is 0 Å². The number of hydrogen-bond acceptors (Lipinski definition) is 4. The van der Waals surface area contributed by atoms with Crippen LogP contribution >= 0.6 is 0 Å². The number of ether oxygens (including phenoxy) is 1. The summed E-state index contributed by atoms with van der Waals surface area (Å²) in [4.78, 5) is 26.9. The number of H-pyrrole nitrogens is 1. The summed E-state index contributed by atoms with van der Waals surface area (Å²) in [6.07, 6.45) is 1.37. The molecule has 2 rings (SSSR count). The first kappa shape index (κ1) is 13.3. The minimum atomic E-state index is -0.646. The van der Waals surface area contributed by atoms with Crippen LogP contribution in [0.3, 0.4) is 0 Å². The number of esters is 1. The number of aromatic nitrogens is 3. The third-order valence-corrected chi connectivity index (χ3v) is 2.99. The topological polar surface area (TPSA) is 77.0 Å². The number of aromatic amines is 1. The van der Waals surface area contributed by atoms with Crippen LogP contribution in [0.1, 0.15) is 36.8 Å². The Hall–Kier alpha value is -2.11. The van der Waals surface area contributed by atoms with Gasteiger partial charge in [-0.1, -0.05) is 20.8 Å². The summed E-state index contributed by atoms with van der Waals surface area (Å²) in [6.45, 7) is 5.91. The molecule has 2 aromatic rings. The number of pyridine rings is 1. The van der Waals surface area contributed by atoms with E-state index in [1.807, 2.05) is 20.8 Å². The fourth-order valence-electron chi connectivity index (χ4n) is 2.03. The molecule has 6 nitrogen and oxygen atoms in total. The maximum atomic E-state index is 12.4. The summed E-state index contributed by atoms with van der Waals surface area (Å²) in [6, 6.07) is 0. The van der Waals surface area contributed by atoms with Crippen molar-refractivity contribution in [3.05, 3.63) is 27.7 Å². The molecule has 0 radical (unpaired) electrons. The first-order chi connectivity index (χ1) is 8.77. The number of methoxy groups -OCH3 is 1. The molecule has 0 saturated carbocycles. The second-order valence-electron chi connectivity index (χ2n) is 5.47. The molecule has 0 aromatic carbocycles. The monoisotopic (exact) mass is 263 g/mol. The van der Waals surface area contributed by atoms with Gasteiger partial charge < -0.3 is 9.72 Å². The van der Waals surface area contributed by atoms with Crippen LogP contribution in [0.4, 0.5) is 0 Å². The van der Waals surface area contributed by atoms with E-state index < -0.39 is 5.97 Å². The Kier molecular flexibility index (Phi) is 2.96. The van der Waals surface area contributed by atoms with Gasteiger partial charge in [-0.05, 0) is 0 Å². The lowest BCUT2D eigenvalue weighted by molar-refractivity contribution is 0.0599. The zero-order chi connectivity index (χ0) is 14.4. The van der Waals surface area contributed by atoms with Crippen LogP contribution in [-0.4, -0.2) is 27.8 Å². The van der Waals surface area contributed by atoms with Gasteiger partial charge in [0.2, 0.25) is 5.43 Å². The van der Waals surface area contributed by atoms with Gasteiger partial charge in [-0.15, -0.1) is 0 Å². The Morgan fingerprint density at radius 3 is 2.58 bits per heavy atom. The Morgan fingerprint density at radius 1 is 1.42 bits per heavy atom. The largest absolute Gasteiger partial charge is 0.465 e. The average molecular weight is 263 g/mol. The molecule has 2 aromatic heterocycles. The van der Waals surface area contributed by atoms with E-state index in [9.17, 15) is 9.59 Å². The molecule has 0 fully saturated rings. The van der Waals surface area contributed by atoms with Crippen molar-refractivity contribution in [1.29, 1.82) is 0 Å². The maximum absolute atomic E-state index is 12.4. The number of rotatable bonds is 1. The summed E-state index contributed by atoms with van der Waals surface area (Å²) in [5.41, 5.74) is 0.619. The summed E-state index contributed by atoms with van der Waals surface area (Å²) < 4.78 is 6.22. The van der Waals surface area contributed by atoms with Gasteiger partial charge >= 0.3 is 5.97 Å². The van der Waals surface area contributed by atoms with Crippen LogP contribution in [0.25, 0.3) is 11.0 Å². The third kappa shape index (κ3) is 2.03. The van der Waals surface area contributed by atoms with E-state index >= 15 is 0 Å². The standard InChI is InChI=1S/C13H17N3O3/c1-13(2,3)10-8-9(17)7(12(18)19-5)6-14-11(8)16(4)15-10/h6H,1-5H3,(H,14,17). The van der Waals surface area contributed by atoms with Gasteiger partial charge in [-0.2, -0.15) is 5.10 Å². The molecular weight excluding hydrogens is 246 g/mol. The predicted octanol–water partition coefficient (Wildman–Crippen LogP) is 1.35. The molecular formula is C13H17N3O3. The van der Waals surface area contributed by atoms with Gasteiger partial charge in [0.05, 0.1) is 18.2 Å². The Bertz CT molecular complexity index is 704. The highest BCUT2D eigenvalue weighted by Crippen LogP contribution is 2.26. The SMILES string of the molecule is COC(=O)c1c[nH]c2c(c(C(C)(C)C)nn2C)c1=O. The molecule has 1 N–H and O–H groups in total. The van der Waals surface area contributed by atoms with Crippen molar-refractivity contribution >= 4 is 17.0 Å². The fourth-order valence-corrected chi connectivity index (χ4v) is 2.03. The van der Waals surface area contributed by atoms with E-state index in [1.165, 1.54) is 13.3 Å². The third-order valence-electron chi connectivity index (χ3n) is 2.99. The van der Waals surface area contributed by atoms with Crippen molar-refractivity contribution in [2.45, 2.75) is 26.2 Å². The quantitative estimate of drug-likeness (QED) is 0.788. The number of nitrogens with zero attached hydrogens (tertiary/aromatic N) is 2. The molecule has 0 atom stereocenters. The molecule has 102 valence electrons. The molecule has 0 aliphatic rings. The lowest BCUT2D eigenvalue weighted by Gasteiger charge is -2.15. The maximum Gasteiger partial charge on any atom is 0.343 e. The van der Waals surface area contributed by atoms with Crippen molar-refractivity contribution in [1.82, 2.24) is 14.8 Å². The van der Waals surface area contributed by atoms with Gasteiger partial charge in [-0.3, -0.25) is 9.48 Å². The van der Waals surface area contributed by atoms with Crippen molar-refractivity contribution in [3.63, 3.8) is 0 Å². The Morgan fingerprint density at radius 2 is 2.05 bits per heavy atom. The number of fused-ring (bicyclic) bond motifs is 1. The fraction of sp³-hybridized carbons (Fsp3) is 0.462. The van der Waals surface area contributed by atoms with Gasteiger partial charge in [0.15, 0.2) is 0 Å².